The lowest BCUT2D eigenvalue weighted by Crippen LogP contribution is -2.15. The minimum atomic E-state index is -0.109. The number of hydrogen-bond donors (Lipinski definition) is 2. The molecule has 8 heteroatoms. The number of thioether (sulfide) groups is 2. The molecule has 0 unspecified atom stereocenters. The average molecular weight is 333 g/mol. The first kappa shape index (κ1) is 16.4. The maximum absolute atomic E-state index is 12.0. The second-order valence-corrected chi connectivity index (χ2v) is 6.86. The van der Waals surface area contributed by atoms with Crippen LogP contribution in [0.25, 0.3) is 0 Å². The number of rotatable bonds is 7. The Morgan fingerprint density at radius 1 is 1.50 bits per heavy atom. The fraction of sp³-hybridized carbons (Fsp3) is 0.286. The van der Waals surface area contributed by atoms with E-state index in [1.807, 2.05) is 31.2 Å². The van der Waals surface area contributed by atoms with Gasteiger partial charge >= 0.3 is 0 Å². The Labute approximate surface area is 137 Å². The highest BCUT2D eigenvalue weighted by atomic mass is 32.2. The highest BCUT2D eigenvalue weighted by Crippen LogP contribution is 2.31. The number of amides is 1. The SMILES string of the molecule is C[C@@H](CC#N)Sc1ccccc1NC(=O)CSc1ncn[nH]1. The number of benzene rings is 1. The van der Waals surface area contributed by atoms with Gasteiger partial charge in [-0.3, -0.25) is 9.89 Å². The maximum atomic E-state index is 12.0. The third kappa shape index (κ3) is 5.09. The molecule has 2 aromatic rings. The molecular formula is C14H15N5OS2. The third-order valence-electron chi connectivity index (χ3n) is 2.60. The van der Waals surface area contributed by atoms with E-state index in [4.69, 9.17) is 5.26 Å². The summed E-state index contributed by atoms with van der Waals surface area (Å²) < 4.78 is 0. The molecule has 2 rings (SSSR count). The first-order valence-electron chi connectivity index (χ1n) is 6.59. The lowest BCUT2D eigenvalue weighted by molar-refractivity contribution is -0.113. The minimum absolute atomic E-state index is 0.109. The largest absolute Gasteiger partial charge is 0.324 e. The van der Waals surface area contributed by atoms with Crippen LogP contribution in [0.3, 0.4) is 0 Å². The maximum Gasteiger partial charge on any atom is 0.234 e. The Morgan fingerprint density at radius 3 is 3.05 bits per heavy atom. The van der Waals surface area contributed by atoms with Gasteiger partial charge < -0.3 is 5.32 Å². The van der Waals surface area contributed by atoms with Crippen molar-refractivity contribution in [2.24, 2.45) is 0 Å². The number of carbonyl (C=O) groups is 1. The number of H-pyrrole nitrogens is 1. The summed E-state index contributed by atoms with van der Waals surface area (Å²) in [4.78, 5) is 16.9. The molecule has 0 radical (unpaired) electrons. The molecule has 0 saturated heterocycles. The van der Waals surface area contributed by atoms with Crippen LogP contribution < -0.4 is 5.32 Å². The van der Waals surface area contributed by atoms with Gasteiger partial charge in [0.25, 0.3) is 0 Å². The highest BCUT2D eigenvalue weighted by Gasteiger charge is 2.11. The van der Waals surface area contributed by atoms with Gasteiger partial charge in [0.15, 0.2) is 5.16 Å². The zero-order valence-electron chi connectivity index (χ0n) is 11.9. The number of para-hydroxylation sites is 1. The van der Waals surface area contributed by atoms with Crippen LogP contribution in [-0.4, -0.2) is 32.1 Å². The molecule has 22 heavy (non-hydrogen) atoms. The summed E-state index contributed by atoms with van der Waals surface area (Å²) in [7, 11) is 0. The predicted molar refractivity (Wildman–Crippen MR) is 87.7 cm³/mol. The second-order valence-electron chi connectivity index (χ2n) is 4.41. The van der Waals surface area contributed by atoms with Gasteiger partial charge in [-0.15, -0.1) is 11.8 Å². The molecule has 1 aromatic heterocycles. The molecule has 0 aliphatic rings. The highest BCUT2D eigenvalue weighted by molar-refractivity contribution is 8.00. The van der Waals surface area contributed by atoms with Crippen LogP contribution in [0.15, 0.2) is 40.6 Å². The van der Waals surface area contributed by atoms with Gasteiger partial charge in [0, 0.05) is 16.6 Å². The van der Waals surface area contributed by atoms with Gasteiger partial charge in [-0.2, -0.15) is 10.4 Å². The topological polar surface area (TPSA) is 94.5 Å². The quantitative estimate of drug-likeness (QED) is 0.757. The molecule has 0 aliphatic carbocycles. The number of anilines is 1. The molecular weight excluding hydrogens is 318 g/mol. The molecule has 0 aliphatic heterocycles. The van der Waals surface area contributed by atoms with E-state index in [2.05, 4.69) is 26.6 Å². The summed E-state index contributed by atoms with van der Waals surface area (Å²) >= 11 is 2.87. The van der Waals surface area contributed by atoms with Gasteiger partial charge in [0.2, 0.25) is 5.91 Å². The fourth-order valence-corrected chi connectivity index (χ4v) is 3.22. The Morgan fingerprint density at radius 2 is 2.32 bits per heavy atom. The molecule has 1 heterocycles. The second kappa shape index (κ2) is 8.46. The summed E-state index contributed by atoms with van der Waals surface area (Å²) in [5, 5.41) is 18.8. The van der Waals surface area contributed by atoms with E-state index in [0.717, 1.165) is 10.6 Å². The van der Waals surface area contributed by atoms with Crippen LogP contribution in [0.2, 0.25) is 0 Å². The Bertz CT molecular complexity index is 654. The molecule has 0 spiro atoms. The standard InChI is InChI=1S/C14H15N5OS2/c1-10(6-7-15)22-12-5-3-2-4-11(12)18-13(20)8-21-14-16-9-17-19-14/h2-5,9-10H,6,8H2,1H3,(H,18,20)(H,16,17,19)/t10-/m0/s1. The number of nitrogens with zero attached hydrogens (tertiary/aromatic N) is 3. The van der Waals surface area contributed by atoms with Crippen LogP contribution in [0.5, 0.6) is 0 Å². The predicted octanol–water partition coefficient (Wildman–Crippen LogP) is 2.93. The van der Waals surface area contributed by atoms with E-state index in [-0.39, 0.29) is 16.9 Å². The zero-order valence-corrected chi connectivity index (χ0v) is 13.6. The first-order valence-corrected chi connectivity index (χ1v) is 8.46. The molecule has 1 amide bonds. The molecule has 1 aromatic carbocycles. The fourth-order valence-electron chi connectivity index (χ4n) is 1.64. The van der Waals surface area contributed by atoms with Crippen molar-refractivity contribution in [3.05, 3.63) is 30.6 Å². The number of hydrogen-bond acceptors (Lipinski definition) is 6. The lowest BCUT2D eigenvalue weighted by atomic mass is 10.3. The van der Waals surface area contributed by atoms with Gasteiger partial charge in [0.05, 0.1) is 17.5 Å². The van der Waals surface area contributed by atoms with Gasteiger partial charge in [-0.25, -0.2) is 4.98 Å². The summed E-state index contributed by atoms with van der Waals surface area (Å²) in [6.45, 7) is 1.99. The van der Waals surface area contributed by atoms with Crippen molar-refractivity contribution >= 4 is 35.1 Å². The van der Waals surface area contributed by atoms with E-state index < -0.39 is 0 Å². The molecule has 1 atom stereocenters. The monoisotopic (exact) mass is 333 g/mol. The van der Waals surface area contributed by atoms with E-state index in [1.54, 1.807) is 11.8 Å². The van der Waals surface area contributed by atoms with E-state index in [0.29, 0.717) is 11.6 Å². The molecule has 0 fully saturated rings. The van der Waals surface area contributed by atoms with Crippen molar-refractivity contribution in [1.29, 1.82) is 5.26 Å². The summed E-state index contributed by atoms with van der Waals surface area (Å²) in [6.07, 6.45) is 1.87. The smallest absolute Gasteiger partial charge is 0.234 e. The normalized spacial score (nSPS) is 11.6. The number of aromatic amines is 1. The molecule has 0 bridgehead atoms. The van der Waals surface area contributed by atoms with E-state index >= 15 is 0 Å². The van der Waals surface area contributed by atoms with Crippen molar-refractivity contribution in [3.8, 4) is 6.07 Å². The minimum Gasteiger partial charge on any atom is -0.324 e. The van der Waals surface area contributed by atoms with Crippen LogP contribution in [0.4, 0.5) is 5.69 Å². The van der Waals surface area contributed by atoms with Crippen molar-refractivity contribution < 1.29 is 4.79 Å². The van der Waals surface area contributed by atoms with Crippen molar-refractivity contribution in [1.82, 2.24) is 15.2 Å². The third-order valence-corrected chi connectivity index (χ3v) is 4.66. The Kier molecular flexibility index (Phi) is 6.30. The van der Waals surface area contributed by atoms with Crippen LogP contribution >= 0.6 is 23.5 Å². The summed E-state index contributed by atoms with van der Waals surface area (Å²) in [6, 6.07) is 9.75. The molecule has 6 nitrogen and oxygen atoms in total. The zero-order chi connectivity index (χ0) is 15.8. The molecule has 114 valence electrons. The molecule has 0 saturated carbocycles. The van der Waals surface area contributed by atoms with Crippen LogP contribution in [0.1, 0.15) is 13.3 Å². The Balaban J connectivity index is 1.94. The van der Waals surface area contributed by atoms with Crippen LogP contribution in [-0.2, 0) is 4.79 Å². The summed E-state index contributed by atoms with van der Waals surface area (Å²) in [5.74, 6) is 0.143. The number of carbonyl (C=O) groups excluding carboxylic acids is 1. The molecule has 2 N–H and O–H groups in total. The van der Waals surface area contributed by atoms with Gasteiger partial charge in [-0.05, 0) is 12.1 Å². The van der Waals surface area contributed by atoms with Crippen molar-refractivity contribution in [3.63, 3.8) is 0 Å². The van der Waals surface area contributed by atoms with Gasteiger partial charge in [-0.1, -0.05) is 30.8 Å². The van der Waals surface area contributed by atoms with Crippen molar-refractivity contribution in [2.75, 3.05) is 11.1 Å². The lowest BCUT2D eigenvalue weighted by Gasteiger charge is -2.13. The van der Waals surface area contributed by atoms with Crippen LogP contribution in [0, 0.1) is 11.3 Å². The first-order chi connectivity index (χ1) is 10.7. The number of nitriles is 1. The number of aromatic nitrogens is 3. The number of nitrogens with one attached hydrogen (secondary N) is 2. The Hall–Kier alpha value is -1.98. The summed E-state index contributed by atoms with van der Waals surface area (Å²) in [5.41, 5.74) is 0.764. The van der Waals surface area contributed by atoms with E-state index in [1.165, 1.54) is 18.1 Å². The average Bonchev–Trinajstić information content (AvgIpc) is 3.01. The van der Waals surface area contributed by atoms with E-state index in [9.17, 15) is 4.79 Å². The van der Waals surface area contributed by atoms with Crippen molar-refractivity contribution in [2.45, 2.75) is 28.6 Å². The van der Waals surface area contributed by atoms with Gasteiger partial charge in [0.1, 0.15) is 6.33 Å².